The second-order valence-corrected chi connectivity index (χ2v) is 13.3. The lowest BCUT2D eigenvalue weighted by Gasteiger charge is -2.47. The van der Waals surface area contributed by atoms with E-state index < -0.39 is 29.1 Å². The highest BCUT2D eigenvalue weighted by Gasteiger charge is 2.48. The van der Waals surface area contributed by atoms with Crippen molar-refractivity contribution >= 4 is 22.8 Å². The summed E-state index contributed by atoms with van der Waals surface area (Å²) < 4.78 is 38.8. The molecule has 3 aliphatic carbocycles. The number of hydrogen-bond acceptors (Lipinski definition) is 7. The molecule has 9 rings (SSSR count). The number of fused-ring (bicyclic) bond motifs is 4. The van der Waals surface area contributed by atoms with E-state index in [9.17, 15) is 10.1 Å². The Kier molecular flexibility index (Phi) is 8.27. The number of rotatable bonds is 8. The highest BCUT2D eigenvalue weighted by Crippen LogP contribution is 2.47. The Hall–Kier alpha value is -5.95. The molecule has 0 aliphatic heterocycles. The van der Waals surface area contributed by atoms with Gasteiger partial charge in [-0.15, -0.1) is 0 Å². The molecule has 8 nitrogen and oxygen atoms in total. The number of nitrogens with zero attached hydrogens (tertiary/aromatic N) is 5. The van der Waals surface area contributed by atoms with E-state index in [-0.39, 0.29) is 40.6 Å². The number of methoxy groups -OCH3 is 1. The van der Waals surface area contributed by atoms with Crippen LogP contribution in [0.5, 0.6) is 0 Å². The lowest BCUT2D eigenvalue weighted by atomic mass is 9.61. The van der Waals surface area contributed by atoms with Crippen LogP contribution in [0.4, 0.5) is 14.6 Å². The molecule has 0 radical (unpaired) electrons. The first-order chi connectivity index (χ1) is 24.9. The van der Waals surface area contributed by atoms with Crippen LogP contribution in [0.2, 0.25) is 0 Å². The van der Waals surface area contributed by atoms with Crippen molar-refractivity contribution in [2.75, 3.05) is 12.4 Å². The van der Waals surface area contributed by atoms with Crippen LogP contribution in [0.3, 0.4) is 0 Å². The summed E-state index contributed by atoms with van der Waals surface area (Å²) in [4.78, 5) is 22.3. The Morgan fingerprint density at radius 3 is 1.96 bits per heavy atom. The molecule has 0 unspecified atom stereocenters. The molecule has 254 valence electrons. The molecule has 3 aliphatic rings. The molecule has 6 aromatic rings. The Morgan fingerprint density at radius 1 is 0.843 bits per heavy atom. The van der Waals surface area contributed by atoms with Crippen molar-refractivity contribution in [2.45, 2.75) is 37.3 Å². The van der Waals surface area contributed by atoms with Gasteiger partial charge in [-0.05, 0) is 60.3 Å². The highest BCUT2D eigenvalue weighted by molar-refractivity contribution is 5.92. The zero-order valence-electron chi connectivity index (χ0n) is 27.8. The molecular formula is C41H34F2N6O2. The number of aromatic nitrogens is 4. The predicted octanol–water partition coefficient (Wildman–Crippen LogP) is 7.87. The zero-order chi connectivity index (χ0) is 35.1. The standard InChI is InChI=1S/C41H34F2N6O2/c1-51-40(50)34-26-17-19-27(20-18-26)35(34)46-38-33(43)22-32(42)37(47-38)36-31-21-25(23-44)24-45-39(31)49(48-36)41(28-11-5-2-6-12-28,29-13-7-3-8-14-29)30-15-9-4-10-16-30/h2-16,21-22,24,26-27,34-35H,17-20H2,1H3,(H,46,47)/t26?,27?,34-,35-/m0/s1. The number of nitrogens with one attached hydrogen (secondary N) is 1. The number of nitriles is 1. The fourth-order valence-electron chi connectivity index (χ4n) is 8.40. The number of pyridine rings is 2. The molecule has 51 heavy (non-hydrogen) atoms. The molecule has 3 heterocycles. The Bertz CT molecular complexity index is 2170. The van der Waals surface area contributed by atoms with E-state index in [4.69, 9.17) is 14.8 Å². The van der Waals surface area contributed by atoms with E-state index in [1.54, 1.807) is 10.7 Å². The first-order valence-corrected chi connectivity index (χ1v) is 17.1. The molecular weight excluding hydrogens is 646 g/mol. The maximum absolute atomic E-state index is 16.2. The number of carbonyl (C=O) groups is 1. The van der Waals surface area contributed by atoms with Crippen molar-refractivity contribution in [3.63, 3.8) is 0 Å². The van der Waals surface area contributed by atoms with Crippen LogP contribution in [0, 0.1) is 40.7 Å². The first kappa shape index (κ1) is 32.3. The van der Waals surface area contributed by atoms with Gasteiger partial charge in [-0.3, -0.25) is 4.79 Å². The SMILES string of the molecule is COC(=O)[C@H]1C2CCC(CC2)[C@@H]1Nc1nc(-c2nn(C(c3ccccc3)(c3ccccc3)c3ccccc3)c3ncc(C#N)cc23)c(F)cc1F. The molecule has 0 amide bonds. The summed E-state index contributed by atoms with van der Waals surface area (Å²) in [6.45, 7) is 0. The third-order valence-corrected chi connectivity index (χ3v) is 10.7. The Morgan fingerprint density at radius 2 is 1.41 bits per heavy atom. The zero-order valence-corrected chi connectivity index (χ0v) is 27.8. The van der Waals surface area contributed by atoms with Crippen LogP contribution in [0.1, 0.15) is 47.9 Å². The summed E-state index contributed by atoms with van der Waals surface area (Å²) in [5.74, 6) is -2.57. The predicted molar refractivity (Wildman–Crippen MR) is 188 cm³/mol. The summed E-state index contributed by atoms with van der Waals surface area (Å²) in [6, 6.07) is 33.6. The highest BCUT2D eigenvalue weighted by atomic mass is 19.1. The van der Waals surface area contributed by atoms with Gasteiger partial charge in [0.1, 0.15) is 23.0 Å². The second kappa shape index (κ2) is 13.1. The summed E-state index contributed by atoms with van der Waals surface area (Å²) in [6.07, 6.45) is 5.05. The van der Waals surface area contributed by atoms with E-state index in [1.807, 2.05) is 91.0 Å². The van der Waals surface area contributed by atoms with Crippen molar-refractivity contribution in [2.24, 2.45) is 17.8 Å². The lowest BCUT2D eigenvalue weighted by Crippen LogP contribution is -2.52. The van der Waals surface area contributed by atoms with Gasteiger partial charge < -0.3 is 10.1 Å². The van der Waals surface area contributed by atoms with Crippen molar-refractivity contribution in [1.82, 2.24) is 19.7 Å². The number of halogens is 2. The van der Waals surface area contributed by atoms with Crippen LogP contribution in [0.15, 0.2) is 109 Å². The largest absolute Gasteiger partial charge is 0.469 e. The maximum atomic E-state index is 16.2. The fourth-order valence-corrected chi connectivity index (χ4v) is 8.40. The molecule has 3 fully saturated rings. The fraction of sp³-hybridized carbons (Fsp3) is 0.244. The van der Waals surface area contributed by atoms with Crippen molar-refractivity contribution in [1.29, 1.82) is 5.26 Å². The molecule has 3 aromatic carbocycles. The molecule has 2 atom stereocenters. The average Bonchev–Trinajstić information content (AvgIpc) is 3.56. The van der Waals surface area contributed by atoms with Crippen LogP contribution >= 0.6 is 0 Å². The van der Waals surface area contributed by atoms with E-state index in [1.165, 1.54) is 13.3 Å². The molecule has 0 saturated heterocycles. The molecule has 10 heteroatoms. The van der Waals surface area contributed by atoms with E-state index in [0.717, 1.165) is 48.4 Å². The molecule has 1 N–H and O–H groups in total. The van der Waals surface area contributed by atoms with Gasteiger partial charge in [-0.2, -0.15) is 10.4 Å². The summed E-state index contributed by atoms with van der Waals surface area (Å²) in [5, 5.41) is 18.6. The molecule has 3 saturated carbocycles. The number of carbonyl (C=O) groups excluding carboxylic acids is 1. The second-order valence-electron chi connectivity index (χ2n) is 13.3. The minimum atomic E-state index is -1.12. The van der Waals surface area contributed by atoms with Crippen LogP contribution in [0.25, 0.3) is 22.4 Å². The van der Waals surface area contributed by atoms with Crippen molar-refractivity contribution < 1.29 is 18.3 Å². The molecule has 0 spiro atoms. The van der Waals surface area contributed by atoms with Gasteiger partial charge in [0, 0.05) is 18.3 Å². The van der Waals surface area contributed by atoms with Crippen molar-refractivity contribution in [3.8, 4) is 17.5 Å². The van der Waals surface area contributed by atoms with Gasteiger partial charge in [-0.25, -0.2) is 23.4 Å². The van der Waals surface area contributed by atoms with E-state index in [0.29, 0.717) is 11.0 Å². The molecule has 3 aromatic heterocycles. The monoisotopic (exact) mass is 680 g/mol. The van der Waals surface area contributed by atoms with E-state index in [2.05, 4.69) is 16.4 Å². The summed E-state index contributed by atoms with van der Waals surface area (Å²) in [5.41, 5.74) is 1.97. The Labute approximate surface area is 293 Å². The van der Waals surface area contributed by atoms with Crippen LogP contribution < -0.4 is 5.32 Å². The number of anilines is 1. The van der Waals surface area contributed by atoms with Gasteiger partial charge in [0.05, 0.1) is 24.0 Å². The number of hydrogen-bond donors (Lipinski definition) is 1. The van der Waals surface area contributed by atoms with Gasteiger partial charge in [-0.1, -0.05) is 91.0 Å². The number of benzene rings is 3. The van der Waals surface area contributed by atoms with E-state index >= 15 is 8.78 Å². The topological polar surface area (TPSA) is 106 Å². The molecule has 2 bridgehead atoms. The third kappa shape index (κ3) is 5.32. The van der Waals surface area contributed by atoms with Gasteiger partial charge >= 0.3 is 5.97 Å². The number of esters is 1. The average molecular weight is 681 g/mol. The number of ether oxygens (including phenoxy) is 1. The maximum Gasteiger partial charge on any atom is 0.311 e. The van der Waals surface area contributed by atoms with Crippen molar-refractivity contribution in [3.05, 3.63) is 143 Å². The first-order valence-electron chi connectivity index (χ1n) is 17.1. The minimum absolute atomic E-state index is 0.0944. The summed E-state index contributed by atoms with van der Waals surface area (Å²) >= 11 is 0. The van der Waals surface area contributed by atoms with Gasteiger partial charge in [0.2, 0.25) is 0 Å². The van der Waals surface area contributed by atoms with Crippen LogP contribution in [-0.2, 0) is 15.1 Å². The smallest absolute Gasteiger partial charge is 0.311 e. The lowest BCUT2D eigenvalue weighted by molar-refractivity contribution is -0.152. The van der Waals surface area contributed by atoms with Gasteiger partial charge in [0.15, 0.2) is 23.1 Å². The summed E-state index contributed by atoms with van der Waals surface area (Å²) in [7, 11) is 1.36. The van der Waals surface area contributed by atoms with Gasteiger partial charge in [0.25, 0.3) is 0 Å². The minimum Gasteiger partial charge on any atom is -0.469 e. The third-order valence-electron chi connectivity index (χ3n) is 10.7. The quantitative estimate of drug-likeness (QED) is 0.129. The van der Waals surface area contributed by atoms with Crippen LogP contribution in [-0.4, -0.2) is 38.9 Å². The Balaban J connectivity index is 1.37. The normalized spacial score (nSPS) is 19.8.